The van der Waals surface area contributed by atoms with Crippen LogP contribution in [0.15, 0.2) is 46.0 Å². The molecule has 9 heteroatoms. The smallest absolute Gasteiger partial charge is 0.329 e. The lowest BCUT2D eigenvalue weighted by atomic mass is 10.2. The minimum atomic E-state index is -0.924. The predicted octanol–water partition coefficient (Wildman–Crippen LogP) is 3.04. The average Bonchev–Trinajstić information content (AvgIpc) is 2.69. The van der Waals surface area contributed by atoms with Crippen LogP contribution >= 0.6 is 15.9 Å². The van der Waals surface area contributed by atoms with E-state index in [-0.39, 0.29) is 11.5 Å². The molecule has 0 aliphatic rings. The summed E-state index contributed by atoms with van der Waals surface area (Å²) in [7, 11) is 1.41. The van der Waals surface area contributed by atoms with E-state index >= 15 is 0 Å². The van der Waals surface area contributed by atoms with E-state index in [1.165, 1.54) is 19.4 Å². The van der Waals surface area contributed by atoms with Gasteiger partial charge in [-0.05, 0) is 64.3 Å². The molecule has 0 aliphatic carbocycles. The number of amides is 2. The van der Waals surface area contributed by atoms with E-state index in [4.69, 9.17) is 9.47 Å². The normalized spacial score (nSPS) is 10.5. The fraction of sp³-hybridized carbons (Fsp3) is 0.211. The summed E-state index contributed by atoms with van der Waals surface area (Å²) in [5.41, 5.74) is 3.14. The molecule has 2 amide bonds. The van der Waals surface area contributed by atoms with Crippen molar-refractivity contribution in [2.24, 2.45) is 5.10 Å². The Morgan fingerprint density at radius 3 is 2.57 bits per heavy atom. The second-order valence-electron chi connectivity index (χ2n) is 5.58. The molecule has 3 N–H and O–H groups in total. The lowest BCUT2D eigenvalue weighted by Crippen LogP contribution is -2.32. The number of carbonyl (C=O) groups is 2. The maximum Gasteiger partial charge on any atom is 0.329 e. The van der Waals surface area contributed by atoms with Gasteiger partial charge >= 0.3 is 11.8 Å². The van der Waals surface area contributed by atoms with Gasteiger partial charge in [-0.1, -0.05) is 6.92 Å². The summed E-state index contributed by atoms with van der Waals surface area (Å²) in [6, 6.07) is 9.79. The minimum absolute atomic E-state index is 0.0471. The number of nitrogens with one attached hydrogen (secondary N) is 2. The zero-order chi connectivity index (χ0) is 20.5. The quantitative estimate of drug-likeness (QED) is 0.341. The Kier molecular flexibility index (Phi) is 7.82. The Labute approximate surface area is 170 Å². The summed E-state index contributed by atoms with van der Waals surface area (Å²) in [5, 5.41) is 16.0. The molecule has 0 bridgehead atoms. The number of rotatable bonds is 7. The summed E-state index contributed by atoms with van der Waals surface area (Å²) in [4.78, 5) is 23.8. The van der Waals surface area contributed by atoms with Crippen LogP contribution in [-0.4, -0.2) is 36.9 Å². The molecule has 2 aromatic carbocycles. The van der Waals surface area contributed by atoms with Gasteiger partial charge in [0.2, 0.25) is 0 Å². The molecule has 0 heterocycles. The number of phenols is 1. The molecular formula is C19H20BrN3O5. The Morgan fingerprint density at radius 1 is 1.21 bits per heavy atom. The predicted molar refractivity (Wildman–Crippen MR) is 109 cm³/mol. The molecule has 0 spiro atoms. The van der Waals surface area contributed by atoms with Crippen molar-refractivity contribution in [2.45, 2.75) is 13.3 Å². The summed E-state index contributed by atoms with van der Waals surface area (Å²) < 4.78 is 10.9. The number of phenolic OH excluding ortho intramolecular Hbond substituents is 1. The number of nitrogens with zero attached hydrogens (tertiary/aromatic N) is 1. The van der Waals surface area contributed by atoms with Crippen LogP contribution in [0.4, 0.5) is 5.69 Å². The van der Waals surface area contributed by atoms with E-state index < -0.39 is 11.8 Å². The Morgan fingerprint density at radius 2 is 1.93 bits per heavy atom. The van der Waals surface area contributed by atoms with Crippen LogP contribution in [0.5, 0.6) is 17.2 Å². The highest BCUT2D eigenvalue weighted by atomic mass is 79.9. The zero-order valence-corrected chi connectivity index (χ0v) is 16.9. The van der Waals surface area contributed by atoms with E-state index in [2.05, 4.69) is 31.8 Å². The highest BCUT2D eigenvalue weighted by molar-refractivity contribution is 9.10. The summed E-state index contributed by atoms with van der Waals surface area (Å²) in [6.45, 7) is 2.61. The molecular weight excluding hydrogens is 430 g/mol. The van der Waals surface area contributed by atoms with Crippen LogP contribution in [-0.2, 0) is 9.59 Å². The largest absolute Gasteiger partial charge is 0.503 e. The lowest BCUT2D eigenvalue weighted by molar-refractivity contribution is -0.136. The van der Waals surface area contributed by atoms with E-state index in [1.807, 2.05) is 6.92 Å². The number of hydrogen-bond acceptors (Lipinski definition) is 6. The fourth-order valence-corrected chi connectivity index (χ4v) is 2.54. The molecule has 2 rings (SSSR count). The number of hydrazone groups is 1. The van der Waals surface area contributed by atoms with E-state index in [1.54, 1.807) is 30.3 Å². The van der Waals surface area contributed by atoms with Gasteiger partial charge in [0.15, 0.2) is 11.5 Å². The van der Waals surface area contributed by atoms with Crippen LogP contribution < -0.4 is 20.2 Å². The molecule has 0 aliphatic heterocycles. The summed E-state index contributed by atoms with van der Waals surface area (Å²) >= 11 is 3.19. The van der Waals surface area contributed by atoms with Crippen molar-refractivity contribution >= 4 is 39.6 Å². The van der Waals surface area contributed by atoms with Gasteiger partial charge in [-0.3, -0.25) is 9.59 Å². The first-order chi connectivity index (χ1) is 13.4. The fourth-order valence-electron chi connectivity index (χ4n) is 2.08. The van der Waals surface area contributed by atoms with E-state index in [0.717, 1.165) is 6.42 Å². The van der Waals surface area contributed by atoms with Gasteiger partial charge in [0, 0.05) is 5.69 Å². The van der Waals surface area contributed by atoms with Gasteiger partial charge in [-0.15, -0.1) is 0 Å². The molecule has 0 aromatic heterocycles. The van der Waals surface area contributed by atoms with Crippen molar-refractivity contribution in [1.82, 2.24) is 5.43 Å². The first-order valence-electron chi connectivity index (χ1n) is 8.38. The second kappa shape index (κ2) is 10.3. The average molecular weight is 450 g/mol. The molecule has 0 radical (unpaired) electrons. The Bertz CT molecular complexity index is 869. The molecule has 28 heavy (non-hydrogen) atoms. The van der Waals surface area contributed by atoms with Gasteiger partial charge in [-0.2, -0.15) is 5.10 Å². The lowest BCUT2D eigenvalue weighted by Gasteiger charge is -2.07. The van der Waals surface area contributed by atoms with Crippen molar-refractivity contribution in [2.75, 3.05) is 19.0 Å². The van der Waals surface area contributed by atoms with E-state index in [0.29, 0.717) is 28.1 Å². The maximum atomic E-state index is 11.9. The Balaban J connectivity index is 1.91. The van der Waals surface area contributed by atoms with Gasteiger partial charge in [0.1, 0.15) is 5.75 Å². The van der Waals surface area contributed by atoms with Gasteiger partial charge in [0.25, 0.3) is 0 Å². The van der Waals surface area contributed by atoms with Gasteiger partial charge in [-0.25, -0.2) is 5.43 Å². The van der Waals surface area contributed by atoms with Crippen LogP contribution in [0, 0.1) is 0 Å². The second-order valence-corrected chi connectivity index (χ2v) is 6.43. The first-order valence-corrected chi connectivity index (χ1v) is 9.17. The number of benzene rings is 2. The molecule has 8 nitrogen and oxygen atoms in total. The third-order valence-electron chi connectivity index (χ3n) is 3.44. The topological polar surface area (TPSA) is 109 Å². The standard InChI is InChI=1S/C19H20BrN3O5/c1-3-8-28-14-6-4-13(5-7-14)22-18(25)19(26)23-21-11-12-9-15(20)17(24)16(10-12)27-2/h4-7,9-11,24H,3,8H2,1-2H3,(H,22,25)(H,23,26)/b21-11-. The minimum Gasteiger partial charge on any atom is -0.503 e. The third-order valence-corrected chi connectivity index (χ3v) is 4.05. The summed E-state index contributed by atoms with van der Waals surface area (Å²) in [5.74, 6) is -0.902. The number of aromatic hydroxyl groups is 1. The Hall–Kier alpha value is -3.07. The molecule has 0 atom stereocenters. The van der Waals surface area contributed by atoms with Crippen molar-refractivity contribution in [1.29, 1.82) is 0 Å². The molecule has 0 fully saturated rings. The molecule has 148 valence electrons. The zero-order valence-electron chi connectivity index (χ0n) is 15.4. The first kappa shape index (κ1) is 21.2. The van der Waals surface area contributed by atoms with Crippen molar-refractivity contribution in [3.63, 3.8) is 0 Å². The van der Waals surface area contributed by atoms with Crippen molar-refractivity contribution in [3.8, 4) is 17.2 Å². The number of ether oxygens (including phenoxy) is 2. The molecule has 0 saturated heterocycles. The van der Waals surface area contributed by atoms with Crippen LogP contribution in [0.1, 0.15) is 18.9 Å². The van der Waals surface area contributed by atoms with Crippen molar-refractivity contribution in [3.05, 3.63) is 46.4 Å². The maximum absolute atomic E-state index is 11.9. The number of carbonyl (C=O) groups excluding carboxylic acids is 2. The van der Waals surface area contributed by atoms with Crippen LogP contribution in [0.3, 0.4) is 0 Å². The van der Waals surface area contributed by atoms with Crippen LogP contribution in [0.25, 0.3) is 0 Å². The number of hydrogen-bond donors (Lipinski definition) is 3. The highest BCUT2D eigenvalue weighted by Gasteiger charge is 2.13. The molecule has 0 unspecified atom stereocenters. The highest BCUT2D eigenvalue weighted by Crippen LogP contribution is 2.34. The van der Waals surface area contributed by atoms with Crippen molar-refractivity contribution < 1.29 is 24.2 Å². The van der Waals surface area contributed by atoms with Crippen LogP contribution in [0.2, 0.25) is 0 Å². The monoisotopic (exact) mass is 449 g/mol. The molecule has 0 saturated carbocycles. The van der Waals surface area contributed by atoms with Gasteiger partial charge in [0.05, 0.1) is 24.4 Å². The number of halogens is 1. The molecule has 2 aromatic rings. The summed E-state index contributed by atoms with van der Waals surface area (Å²) in [6.07, 6.45) is 2.21. The SMILES string of the molecule is CCCOc1ccc(NC(=O)C(=O)N/N=C\c2cc(Br)c(O)c(OC)c2)cc1. The van der Waals surface area contributed by atoms with E-state index in [9.17, 15) is 14.7 Å². The van der Waals surface area contributed by atoms with Gasteiger partial charge < -0.3 is 19.9 Å². The third kappa shape index (κ3) is 5.98. The number of anilines is 1. The number of methoxy groups -OCH3 is 1.